The van der Waals surface area contributed by atoms with Crippen molar-refractivity contribution in [2.75, 3.05) is 14.5 Å². The number of aryl methyl sites for hydroxylation is 2. The third kappa shape index (κ3) is 7.25. The Bertz CT molecular complexity index is 5440. The average molecular weight is 1200 g/mol. The highest BCUT2D eigenvalue weighted by molar-refractivity contribution is 6.94. The van der Waals surface area contributed by atoms with E-state index >= 15 is 0 Å². The van der Waals surface area contributed by atoms with Crippen LogP contribution in [-0.4, -0.2) is 18.3 Å². The number of anilines is 7. The molecule has 2 aliphatic carbocycles. The largest absolute Gasteiger partial charge is 0.376 e. The van der Waals surface area contributed by atoms with E-state index in [1.807, 2.05) is 0 Å². The predicted molar refractivity (Wildman–Crippen MR) is 394 cm³/mol. The van der Waals surface area contributed by atoms with Crippen LogP contribution in [0, 0.1) is 13.8 Å². The van der Waals surface area contributed by atoms with Gasteiger partial charge < -0.3 is 19.1 Å². The minimum absolute atomic E-state index is 0.0743. The lowest BCUT2D eigenvalue weighted by atomic mass is 9.43. The summed E-state index contributed by atoms with van der Waals surface area (Å²) in [6.07, 6.45) is 0.766. The maximum atomic E-state index is 2.75. The maximum absolute atomic E-state index is 2.75. The highest BCUT2D eigenvalue weighted by atomic mass is 15.2. The average Bonchev–Trinajstić information content (AvgIpc) is 1.66. The third-order valence-corrected chi connectivity index (χ3v) is 23.1. The molecule has 4 aliphatic heterocycles. The lowest BCUT2D eigenvalue weighted by Crippen LogP contribution is -2.61. The molecule has 93 heavy (non-hydrogen) atoms. The molecule has 0 amide bonds. The predicted octanol–water partition coefficient (Wildman–Crippen LogP) is 18.9. The summed E-state index contributed by atoms with van der Waals surface area (Å²) in [5, 5.41) is 2.58. The van der Waals surface area contributed by atoms with Crippen LogP contribution in [0.5, 0.6) is 0 Å². The molecule has 19 rings (SSSR count). The molecular weight excluding hydrogens is 1120 g/mol. The van der Waals surface area contributed by atoms with Crippen LogP contribution in [0.25, 0.3) is 49.7 Å². The fraction of sp³-hybridized carbons (Fsp3) is 0.172. The van der Waals surface area contributed by atoms with E-state index in [-0.39, 0.29) is 35.4 Å². The van der Waals surface area contributed by atoms with Crippen molar-refractivity contribution in [1.82, 2.24) is 4.57 Å². The standard InChI is InChI=1S/C87H72B2N4/c1-52-42-62-60-48-68-71(87(9,10)67-35-21-19-33-65(67)84(68,3)4)51-78(60)93(88-72-36-22-24-39-76(72)90(79(43-52)81(62)88)56-26-13-11-14-27-56)74-41-40-54(44-53(74)2)45-55-46-63-61-49-69-70(86(7,8)66-34-20-18-32-64(66)85(69,5)6)50-77(61)92(57-28-15-12-16-29-57)89-73-37-25-31-59-58-30-17-23-38-75(58)91(83(59)73)80(47-55)82(63)89/h11-44,46-51H,45H2,1-10H3. The number of rotatable bonds is 5. The van der Waals surface area contributed by atoms with Crippen molar-refractivity contribution in [3.8, 4) is 27.9 Å². The van der Waals surface area contributed by atoms with E-state index < -0.39 is 0 Å². The summed E-state index contributed by atoms with van der Waals surface area (Å²) in [6.45, 7) is 24.1. The number of para-hydroxylation sites is 5. The van der Waals surface area contributed by atoms with Gasteiger partial charge in [-0.1, -0.05) is 219 Å². The van der Waals surface area contributed by atoms with E-state index in [1.165, 1.54) is 178 Å². The van der Waals surface area contributed by atoms with Gasteiger partial charge in [-0.05, 0) is 199 Å². The Kier molecular flexibility index (Phi) is 11.1. The van der Waals surface area contributed by atoms with E-state index in [9.17, 15) is 0 Å². The molecule has 4 nitrogen and oxygen atoms in total. The Morgan fingerprint density at radius 1 is 0.323 bits per heavy atom. The fourth-order valence-corrected chi connectivity index (χ4v) is 18.8. The molecule has 0 N–H and O–H groups in total. The number of hydrogen-bond acceptors (Lipinski definition) is 3. The van der Waals surface area contributed by atoms with Crippen LogP contribution in [0.4, 0.5) is 39.8 Å². The van der Waals surface area contributed by atoms with Crippen molar-refractivity contribution in [2.24, 2.45) is 0 Å². The molecule has 5 heterocycles. The second-order valence-electron chi connectivity index (χ2n) is 29.7. The van der Waals surface area contributed by atoms with Crippen LogP contribution in [0.15, 0.2) is 243 Å². The first-order valence-electron chi connectivity index (χ1n) is 33.6. The van der Waals surface area contributed by atoms with Gasteiger partial charge in [0.2, 0.25) is 0 Å². The SMILES string of the molecule is Cc1cc2c3c(c1)N(c1ccccc1)c1ccccc1B3N(c1ccc(Cc3cc4c5c(c3)-n3c6ccccc6c6cccc(c63)B5N(c3ccccc3)c3cc5c(cc3-4)C(C)(C)c3ccccc3C5(C)C)cc1C)c1cc3c(cc1-2)C(C)(C)c1ccccc1C3(C)C. The molecule has 0 fully saturated rings. The molecule has 446 valence electrons. The first-order valence-corrected chi connectivity index (χ1v) is 33.6. The topological polar surface area (TPSA) is 14.7 Å². The number of aromatic nitrogens is 1. The van der Waals surface area contributed by atoms with Gasteiger partial charge in [0.05, 0.1) is 11.0 Å². The van der Waals surface area contributed by atoms with Crippen LogP contribution >= 0.6 is 0 Å². The highest BCUT2D eigenvalue weighted by Gasteiger charge is 2.51. The van der Waals surface area contributed by atoms with Crippen molar-refractivity contribution in [3.05, 3.63) is 309 Å². The minimum atomic E-state index is -0.236. The van der Waals surface area contributed by atoms with Crippen LogP contribution < -0.4 is 36.4 Å². The zero-order valence-corrected chi connectivity index (χ0v) is 54.7. The van der Waals surface area contributed by atoms with Crippen LogP contribution in [0.1, 0.15) is 122 Å². The summed E-state index contributed by atoms with van der Waals surface area (Å²) in [5.74, 6) is 0. The first-order chi connectivity index (χ1) is 45.0. The van der Waals surface area contributed by atoms with Gasteiger partial charge in [0.1, 0.15) is 0 Å². The Hall–Kier alpha value is -10.0. The summed E-state index contributed by atoms with van der Waals surface area (Å²) in [6, 6.07) is 94.0. The van der Waals surface area contributed by atoms with Crippen molar-refractivity contribution < 1.29 is 0 Å². The molecule has 1 aromatic heterocycles. The zero-order valence-electron chi connectivity index (χ0n) is 54.7. The monoisotopic (exact) mass is 1190 g/mol. The zero-order chi connectivity index (χ0) is 62.9. The van der Waals surface area contributed by atoms with E-state index in [4.69, 9.17) is 0 Å². The van der Waals surface area contributed by atoms with Gasteiger partial charge in [0.15, 0.2) is 0 Å². The van der Waals surface area contributed by atoms with Gasteiger partial charge in [-0.15, -0.1) is 0 Å². The molecule has 6 aliphatic rings. The number of benzene rings is 12. The first kappa shape index (κ1) is 54.7. The van der Waals surface area contributed by atoms with Gasteiger partial charge in [-0.2, -0.15) is 0 Å². The Morgan fingerprint density at radius 2 is 0.828 bits per heavy atom. The van der Waals surface area contributed by atoms with Gasteiger partial charge >= 0.3 is 13.7 Å². The van der Waals surface area contributed by atoms with Gasteiger partial charge in [-0.25, -0.2) is 0 Å². The summed E-state index contributed by atoms with van der Waals surface area (Å²) in [7, 11) is 0. The van der Waals surface area contributed by atoms with Crippen molar-refractivity contribution in [1.29, 1.82) is 0 Å². The lowest BCUT2D eigenvalue weighted by Gasteiger charge is -2.49. The van der Waals surface area contributed by atoms with E-state index in [0.717, 1.165) is 6.42 Å². The second kappa shape index (κ2) is 18.8. The van der Waals surface area contributed by atoms with Gasteiger partial charge in [0.25, 0.3) is 0 Å². The quantitative estimate of drug-likeness (QED) is 0.160. The van der Waals surface area contributed by atoms with Crippen molar-refractivity contribution in [3.63, 3.8) is 0 Å². The van der Waals surface area contributed by atoms with Gasteiger partial charge in [0, 0.05) is 89.1 Å². The van der Waals surface area contributed by atoms with Gasteiger partial charge in [-0.3, -0.25) is 0 Å². The third-order valence-electron chi connectivity index (χ3n) is 23.1. The molecule has 0 bridgehead atoms. The molecular formula is C87H72B2N4. The Morgan fingerprint density at radius 3 is 1.46 bits per heavy atom. The van der Waals surface area contributed by atoms with Crippen LogP contribution in [0.3, 0.4) is 0 Å². The van der Waals surface area contributed by atoms with E-state index in [1.54, 1.807) is 0 Å². The molecule has 0 saturated heterocycles. The molecule has 0 radical (unpaired) electrons. The Labute approximate surface area is 547 Å². The smallest absolute Gasteiger partial charge is 0.333 e. The van der Waals surface area contributed by atoms with Crippen LogP contribution in [-0.2, 0) is 28.1 Å². The van der Waals surface area contributed by atoms with E-state index in [2.05, 4.69) is 331 Å². The number of fused-ring (bicyclic) bond motifs is 15. The molecule has 12 aromatic carbocycles. The minimum Gasteiger partial charge on any atom is -0.376 e. The lowest BCUT2D eigenvalue weighted by molar-refractivity contribution is 0.521. The number of hydrogen-bond donors (Lipinski definition) is 0. The fourth-order valence-electron chi connectivity index (χ4n) is 18.8. The highest BCUT2D eigenvalue weighted by Crippen LogP contribution is 2.58. The van der Waals surface area contributed by atoms with Crippen LogP contribution in [0.2, 0.25) is 0 Å². The van der Waals surface area contributed by atoms with Crippen molar-refractivity contribution >= 4 is 97.2 Å². The summed E-state index contributed by atoms with van der Waals surface area (Å²) >= 11 is 0. The molecule has 13 aromatic rings. The molecule has 0 unspecified atom stereocenters. The summed E-state index contributed by atoms with van der Waals surface area (Å²) in [5.41, 5.74) is 38.4. The van der Waals surface area contributed by atoms with Crippen molar-refractivity contribution in [2.45, 2.75) is 97.3 Å². The molecule has 0 spiro atoms. The molecule has 0 atom stereocenters. The molecule has 6 heteroatoms. The summed E-state index contributed by atoms with van der Waals surface area (Å²) in [4.78, 5) is 7.98. The Balaban J connectivity index is 0.826. The van der Waals surface area contributed by atoms with E-state index in [0.29, 0.717) is 0 Å². The normalized spacial score (nSPS) is 16.3. The maximum Gasteiger partial charge on any atom is 0.333 e. The second-order valence-corrected chi connectivity index (χ2v) is 29.7. The number of nitrogens with zero attached hydrogens (tertiary/aromatic N) is 4. The summed E-state index contributed by atoms with van der Waals surface area (Å²) < 4.78 is 2.63. The molecule has 0 saturated carbocycles.